The molecule has 0 aromatic rings. The molecule has 0 saturated carbocycles. The van der Waals surface area contributed by atoms with Crippen LogP contribution in [-0.4, -0.2) is 13.9 Å². The van der Waals surface area contributed by atoms with Crippen LogP contribution in [0.2, 0.25) is 19.6 Å². The molecular weight excluding hydrogens is 188 g/mol. The SMILES string of the molecule is [CH2]CCCCCC(C)(C)O[Si](C)(C)C. The van der Waals surface area contributed by atoms with E-state index in [4.69, 9.17) is 4.43 Å². The maximum Gasteiger partial charge on any atom is 0.184 e. The highest BCUT2D eigenvalue weighted by molar-refractivity contribution is 6.69. The van der Waals surface area contributed by atoms with Crippen LogP contribution < -0.4 is 0 Å². The highest BCUT2D eigenvalue weighted by atomic mass is 28.4. The lowest BCUT2D eigenvalue weighted by Crippen LogP contribution is -2.38. The lowest BCUT2D eigenvalue weighted by atomic mass is 10.0. The fourth-order valence-corrected chi connectivity index (χ4v) is 3.54. The summed E-state index contributed by atoms with van der Waals surface area (Å²) in [6, 6.07) is 0. The topological polar surface area (TPSA) is 9.23 Å². The van der Waals surface area contributed by atoms with Gasteiger partial charge in [-0.15, -0.1) is 0 Å². The van der Waals surface area contributed by atoms with E-state index in [0.29, 0.717) is 0 Å². The van der Waals surface area contributed by atoms with E-state index in [1.165, 1.54) is 25.7 Å². The molecule has 14 heavy (non-hydrogen) atoms. The summed E-state index contributed by atoms with van der Waals surface area (Å²) < 4.78 is 6.13. The Morgan fingerprint density at radius 1 is 1.07 bits per heavy atom. The van der Waals surface area contributed by atoms with Crippen LogP contribution in [0.5, 0.6) is 0 Å². The van der Waals surface area contributed by atoms with Crippen molar-refractivity contribution in [1.29, 1.82) is 0 Å². The minimum Gasteiger partial charge on any atom is -0.413 e. The van der Waals surface area contributed by atoms with Crippen molar-refractivity contribution in [3.8, 4) is 0 Å². The molecule has 0 atom stereocenters. The Morgan fingerprint density at radius 3 is 2.07 bits per heavy atom. The molecular formula is C12H27OSi. The molecule has 0 aromatic heterocycles. The second-order valence-corrected chi connectivity index (χ2v) is 10.1. The van der Waals surface area contributed by atoms with Crippen molar-refractivity contribution in [2.75, 3.05) is 0 Å². The number of rotatable bonds is 7. The van der Waals surface area contributed by atoms with Crippen LogP contribution >= 0.6 is 0 Å². The van der Waals surface area contributed by atoms with E-state index >= 15 is 0 Å². The van der Waals surface area contributed by atoms with Gasteiger partial charge in [-0.3, -0.25) is 0 Å². The molecule has 0 aliphatic heterocycles. The fourth-order valence-electron chi connectivity index (χ4n) is 1.78. The van der Waals surface area contributed by atoms with E-state index in [1.807, 2.05) is 0 Å². The maximum atomic E-state index is 6.13. The van der Waals surface area contributed by atoms with Crippen molar-refractivity contribution >= 4 is 8.32 Å². The molecule has 0 aliphatic rings. The molecule has 2 heteroatoms. The van der Waals surface area contributed by atoms with Gasteiger partial charge in [0.1, 0.15) is 0 Å². The molecule has 1 radical (unpaired) electrons. The normalized spacial score (nSPS) is 13.3. The van der Waals surface area contributed by atoms with Crippen LogP contribution in [0.3, 0.4) is 0 Å². The third-order valence-corrected chi connectivity index (χ3v) is 3.28. The minimum absolute atomic E-state index is 0.0750. The number of hydrogen-bond donors (Lipinski definition) is 0. The Bertz CT molecular complexity index is 147. The number of hydrogen-bond acceptors (Lipinski definition) is 1. The summed E-state index contributed by atoms with van der Waals surface area (Å²) in [6.07, 6.45) is 6.06. The molecule has 0 saturated heterocycles. The molecule has 0 fully saturated rings. The second kappa shape index (κ2) is 5.91. The summed E-state index contributed by atoms with van der Waals surface area (Å²) in [5, 5.41) is 0. The highest BCUT2D eigenvalue weighted by Crippen LogP contribution is 2.23. The summed E-state index contributed by atoms with van der Waals surface area (Å²) in [7, 11) is -1.37. The first-order valence-electron chi connectivity index (χ1n) is 5.76. The van der Waals surface area contributed by atoms with Gasteiger partial charge in [-0.2, -0.15) is 0 Å². The average molecular weight is 215 g/mol. The molecule has 0 N–H and O–H groups in total. The fraction of sp³-hybridized carbons (Fsp3) is 0.917. The maximum absolute atomic E-state index is 6.13. The van der Waals surface area contributed by atoms with Crippen LogP contribution in [0.25, 0.3) is 0 Å². The van der Waals surface area contributed by atoms with E-state index in [1.54, 1.807) is 0 Å². The van der Waals surface area contributed by atoms with Crippen molar-refractivity contribution in [2.45, 2.75) is 71.2 Å². The van der Waals surface area contributed by atoms with Crippen molar-refractivity contribution in [3.05, 3.63) is 6.92 Å². The summed E-state index contributed by atoms with van der Waals surface area (Å²) in [6.45, 7) is 15.1. The van der Waals surface area contributed by atoms with Gasteiger partial charge in [-0.1, -0.05) is 32.6 Å². The van der Waals surface area contributed by atoms with E-state index in [-0.39, 0.29) is 5.60 Å². The standard InChI is InChI=1S/C12H27OSi/c1-7-8-9-10-11-12(2,3)13-14(4,5)6/h1,7-11H2,2-6H3. The molecule has 0 unspecified atom stereocenters. The van der Waals surface area contributed by atoms with E-state index < -0.39 is 8.32 Å². The Kier molecular flexibility index (Phi) is 5.99. The first-order chi connectivity index (χ1) is 6.27. The van der Waals surface area contributed by atoms with Crippen LogP contribution in [0.15, 0.2) is 0 Å². The summed E-state index contributed by atoms with van der Waals surface area (Å²) in [5.74, 6) is 0. The molecule has 1 nitrogen and oxygen atoms in total. The zero-order valence-electron chi connectivity index (χ0n) is 10.7. The quantitative estimate of drug-likeness (QED) is 0.452. The molecule has 0 heterocycles. The van der Waals surface area contributed by atoms with Gasteiger partial charge in [0, 0.05) is 0 Å². The van der Waals surface area contributed by atoms with Crippen molar-refractivity contribution in [1.82, 2.24) is 0 Å². The first-order valence-corrected chi connectivity index (χ1v) is 9.17. The van der Waals surface area contributed by atoms with Gasteiger partial charge in [0.05, 0.1) is 5.60 Å². The first kappa shape index (κ1) is 14.2. The molecule has 0 aromatic carbocycles. The van der Waals surface area contributed by atoms with Gasteiger partial charge >= 0.3 is 0 Å². The van der Waals surface area contributed by atoms with Gasteiger partial charge < -0.3 is 4.43 Å². The van der Waals surface area contributed by atoms with Crippen molar-refractivity contribution in [3.63, 3.8) is 0 Å². The molecule has 85 valence electrons. The van der Waals surface area contributed by atoms with Crippen LogP contribution in [0.4, 0.5) is 0 Å². The van der Waals surface area contributed by atoms with Gasteiger partial charge in [0.25, 0.3) is 0 Å². The third-order valence-electron chi connectivity index (χ3n) is 2.11. The molecule has 0 amide bonds. The van der Waals surface area contributed by atoms with Crippen molar-refractivity contribution in [2.24, 2.45) is 0 Å². The van der Waals surface area contributed by atoms with Gasteiger partial charge in [0.2, 0.25) is 0 Å². The lowest BCUT2D eigenvalue weighted by Gasteiger charge is -2.33. The zero-order chi connectivity index (χ0) is 11.2. The predicted molar refractivity (Wildman–Crippen MR) is 67.0 cm³/mol. The average Bonchev–Trinajstić information content (AvgIpc) is 1.93. The Morgan fingerprint density at radius 2 is 1.64 bits per heavy atom. The molecule has 0 spiro atoms. The Labute approximate surface area is 91.4 Å². The van der Waals surface area contributed by atoms with Gasteiger partial charge in [0.15, 0.2) is 8.32 Å². The second-order valence-electron chi connectivity index (χ2n) is 5.64. The lowest BCUT2D eigenvalue weighted by molar-refractivity contribution is 0.0881. The Hall–Kier alpha value is 0.177. The van der Waals surface area contributed by atoms with Crippen LogP contribution in [-0.2, 0) is 4.43 Å². The molecule has 0 aliphatic carbocycles. The summed E-state index contributed by atoms with van der Waals surface area (Å²) >= 11 is 0. The van der Waals surface area contributed by atoms with E-state index in [0.717, 1.165) is 6.42 Å². The van der Waals surface area contributed by atoms with Crippen LogP contribution in [0, 0.1) is 6.92 Å². The largest absolute Gasteiger partial charge is 0.413 e. The van der Waals surface area contributed by atoms with Gasteiger partial charge in [-0.25, -0.2) is 0 Å². The highest BCUT2D eigenvalue weighted by Gasteiger charge is 2.26. The molecule has 0 bridgehead atoms. The van der Waals surface area contributed by atoms with Crippen molar-refractivity contribution < 1.29 is 4.43 Å². The third kappa shape index (κ3) is 8.76. The van der Waals surface area contributed by atoms with E-state index in [2.05, 4.69) is 40.4 Å². The molecule has 0 rings (SSSR count). The van der Waals surface area contributed by atoms with Gasteiger partial charge in [-0.05, 0) is 39.9 Å². The van der Waals surface area contributed by atoms with E-state index in [9.17, 15) is 0 Å². The van der Waals surface area contributed by atoms with Crippen LogP contribution in [0.1, 0.15) is 46.0 Å². The summed E-state index contributed by atoms with van der Waals surface area (Å²) in [4.78, 5) is 0. The minimum atomic E-state index is -1.37. The number of unbranched alkanes of at least 4 members (excludes halogenated alkanes) is 3. The monoisotopic (exact) mass is 215 g/mol. The Balaban J connectivity index is 3.72. The zero-order valence-corrected chi connectivity index (χ0v) is 11.7. The predicted octanol–water partition coefficient (Wildman–Crippen LogP) is 4.40. The smallest absolute Gasteiger partial charge is 0.184 e. The summed E-state index contributed by atoms with van der Waals surface area (Å²) in [5.41, 5.74) is 0.0750.